The number of hydrogen-bond donors (Lipinski definition) is 0. The van der Waals surface area contributed by atoms with Crippen molar-refractivity contribution in [3.63, 3.8) is 0 Å². The number of esters is 1. The third-order valence-corrected chi connectivity index (χ3v) is 3.05. The number of nitro groups is 1. The van der Waals surface area contributed by atoms with E-state index in [1.807, 2.05) is 0 Å². The topological polar surface area (TPSA) is 91.0 Å². The number of hydrogen-bond acceptors (Lipinski definition) is 6. The number of halogens is 1. The third kappa shape index (κ3) is 3.08. The van der Waals surface area contributed by atoms with Crippen LogP contribution >= 0.6 is 15.9 Å². The first-order chi connectivity index (χ1) is 9.11. The van der Waals surface area contributed by atoms with Gasteiger partial charge >= 0.3 is 5.97 Å². The molecule has 0 saturated carbocycles. The fraction of sp³-hybridized carbons (Fsp3) is 0.273. The molecule has 7 nitrogen and oxygen atoms in total. The number of benzene rings is 1. The maximum Gasteiger partial charge on any atom is 0.338 e. The van der Waals surface area contributed by atoms with Crippen LogP contribution in [0.1, 0.15) is 10.4 Å². The molecule has 0 aliphatic carbocycles. The number of alkyl halides is 1. The van der Waals surface area contributed by atoms with Crippen LogP contribution in [0.25, 0.3) is 0 Å². The highest BCUT2D eigenvalue weighted by molar-refractivity contribution is 9.09. The minimum Gasteiger partial charge on any atom is -0.449 e. The number of ether oxygens (including phenoxy) is 1. The Bertz CT molecular complexity index is 528. The fourth-order valence-electron chi connectivity index (χ4n) is 1.47. The molecule has 1 aliphatic heterocycles. The number of nitrogens with zero attached hydrogens (tertiary/aromatic N) is 2. The summed E-state index contributed by atoms with van der Waals surface area (Å²) in [5, 5.41) is 14.7. The maximum atomic E-state index is 11.8. The van der Waals surface area contributed by atoms with Gasteiger partial charge in [0.1, 0.15) is 5.71 Å². The van der Waals surface area contributed by atoms with Crippen molar-refractivity contribution in [1.82, 2.24) is 0 Å². The summed E-state index contributed by atoms with van der Waals surface area (Å²) in [6.07, 6.45) is -0.526. The molecule has 0 spiro atoms. The van der Waals surface area contributed by atoms with Crippen LogP contribution in [0.5, 0.6) is 0 Å². The average molecular weight is 329 g/mol. The Labute approximate surface area is 116 Å². The Kier molecular flexibility index (Phi) is 4.10. The molecule has 100 valence electrons. The first kappa shape index (κ1) is 13.5. The smallest absolute Gasteiger partial charge is 0.338 e. The van der Waals surface area contributed by atoms with Gasteiger partial charge in [-0.3, -0.25) is 10.1 Å². The van der Waals surface area contributed by atoms with Gasteiger partial charge in [0.25, 0.3) is 5.69 Å². The van der Waals surface area contributed by atoms with Gasteiger partial charge in [0.2, 0.25) is 0 Å². The monoisotopic (exact) mass is 328 g/mol. The lowest BCUT2D eigenvalue weighted by atomic mass is 10.2. The minimum atomic E-state index is -0.570. The molecule has 1 heterocycles. The van der Waals surface area contributed by atoms with E-state index in [-0.39, 0.29) is 17.9 Å². The molecule has 1 aromatic rings. The van der Waals surface area contributed by atoms with Crippen LogP contribution in [0.15, 0.2) is 29.4 Å². The molecule has 0 fully saturated rings. The van der Waals surface area contributed by atoms with Crippen molar-refractivity contribution in [2.45, 2.75) is 6.10 Å². The van der Waals surface area contributed by atoms with E-state index in [0.717, 1.165) is 0 Å². The second-order valence-electron chi connectivity index (χ2n) is 3.71. The standard InChI is InChI=1S/C11H9BrN2O5/c12-5-9-10(6-18-13-9)19-11(15)7-1-3-8(4-2-7)14(16)17/h1-4,10H,5-6H2. The van der Waals surface area contributed by atoms with E-state index in [9.17, 15) is 14.9 Å². The Balaban J connectivity index is 2.04. The van der Waals surface area contributed by atoms with Gasteiger partial charge in [-0.25, -0.2) is 4.79 Å². The molecule has 1 aliphatic rings. The van der Waals surface area contributed by atoms with Gasteiger partial charge in [-0.2, -0.15) is 0 Å². The summed E-state index contributed by atoms with van der Waals surface area (Å²) < 4.78 is 5.21. The maximum absolute atomic E-state index is 11.8. The normalized spacial score (nSPS) is 17.5. The fourth-order valence-corrected chi connectivity index (χ4v) is 1.94. The van der Waals surface area contributed by atoms with E-state index in [1.54, 1.807) is 0 Å². The lowest BCUT2D eigenvalue weighted by Crippen LogP contribution is -2.27. The average Bonchev–Trinajstić information content (AvgIpc) is 2.86. The summed E-state index contributed by atoms with van der Waals surface area (Å²) in [5.74, 6) is -0.570. The molecule has 2 rings (SSSR count). The summed E-state index contributed by atoms with van der Waals surface area (Å²) >= 11 is 3.21. The van der Waals surface area contributed by atoms with Crippen molar-refractivity contribution in [2.75, 3.05) is 11.9 Å². The molecule has 1 aromatic carbocycles. The molecule has 1 unspecified atom stereocenters. The van der Waals surface area contributed by atoms with Crippen molar-refractivity contribution in [1.29, 1.82) is 0 Å². The molecule has 19 heavy (non-hydrogen) atoms. The van der Waals surface area contributed by atoms with Crippen LogP contribution in [-0.2, 0) is 9.57 Å². The molecule has 1 atom stereocenters. The minimum absolute atomic E-state index is 0.0801. The molecule has 0 amide bonds. The summed E-state index contributed by atoms with van der Waals surface area (Å²) in [6.45, 7) is 0.180. The van der Waals surface area contributed by atoms with Crippen molar-refractivity contribution < 1.29 is 19.3 Å². The molecule has 0 radical (unpaired) electrons. The number of nitro benzene ring substituents is 1. The van der Waals surface area contributed by atoms with E-state index in [0.29, 0.717) is 11.0 Å². The summed E-state index contributed by atoms with van der Waals surface area (Å²) in [6, 6.07) is 5.20. The zero-order chi connectivity index (χ0) is 13.8. The molecule has 0 saturated heterocycles. The zero-order valence-corrected chi connectivity index (χ0v) is 11.2. The highest BCUT2D eigenvalue weighted by Gasteiger charge is 2.26. The van der Waals surface area contributed by atoms with Crippen molar-refractivity contribution in [2.24, 2.45) is 5.16 Å². The van der Waals surface area contributed by atoms with Crippen LogP contribution in [0.3, 0.4) is 0 Å². The molecular formula is C11H9BrN2O5. The first-order valence-electron chi connectivity index (χ1n) is 5.32. The lowest BCUT2D eigenvalue weighted by Gasteiger charge is -2.10. The molecule has 0 N–H and O–H groups in total. The lowest BCUT2D eigenvalue weighted by molar-refractivity contribution is -0.384. The van der Waals surface area contributed by atoms with Crippen LogP contribution in [0, 0.1) is 10.1 Å². The van der Waals surface area contributed by atoms with Crippen molar-refractivity contribution >= 4 is 33.3 Å². The third-order valence-electron chi connectivity index (χ3n) is 2.48. The van der Waals surface area contributed by atoms with E-state index in [4.69, 9.17) is 9.57 Å². The Morgan fingerprint density at radius 2 is 2.21 bits per heavy atom. The Morgan fingerprint density at radius 1 is 1.53 bits per heavy atom. The predicted molar refractivity (Wildman–Crippen MR) is 69.5 cm³/mol. The number of oxime groups is 1. The van der Waals surface area contributed by atoms with Crippen LogP contribution in [-0.4, -0.2) is 34.6 Å². The van der Waals surface area contributed by atoms with Crippen LogP contribution in [0.2, 0.25) is 0 Å². The van der Waals surface area contributed by atoms with Gasteiger partial charge in [-0.05, 0) is 12.1 Å². The van der Waals surface area contributed by atoms with E-state index in [2.05, 4.69) is 21.1 Å². The summed E-state index contributed by atoms with van der Waals surface area (Å²) in [5.41, 5.74) is 0.755. The van der Waals surface area contributed by atoms with E-state index >= 15 is 0 Å². The van der Waals surface area contributed by atoms with Gasteiger partial charge < -0.3 is 9.57 Å². The number of carbonyl (C=O) groups excluding carboxylic acids is 1. The van der Waals surface area contributed by atoms with Crippen LogP contribution in [0.4, 0.5) is 5.69 Å². The molecule has 0 bridgehead atoms. The van der Waals surface area contributed by atoms with Gasteiger partial charge in [-0.15, -0.1) is 0 Å². The molecule has 0 aromatic heterocycles. The predicted octanol–water partition coefficient (Wildman–Crippen LogP) is 1.90. The highest BCUT2D eigenvalue weighted by atomic mass is 79.9. The molecular weight excluding hydrogens is 320 g/mol. The Morgan fingerprint density at radius 3 is 2.79 bits per heavy atom. The van der Waals surface area contributed by atoms with Crippen molar-refractivity contribution in [3.05, 3.63) is 39.9 Å². The summed E-state index contributed by atoms with van der Waals surface area (Å²) in [7, 11) is 0. The van der Waals surface area contributed by atoms with Gasteiger partial charge in [0, 0.05) is 17.5 Å². The quantitative estimate of drug-likeness (QED) is 0.364. The first-order valence-corrected chi connectivity index (χ1v) is 6.44. The summed E-state index contributed by atoms with van der Waals surface area (Å²) in [4.78, 5) is 26.6. The molecule has 8 heteroatoms. The SMILES string of the molecule is O=C(OC1CON=C1CBr)c1ccc([N+](=O)[O-])cc1. The zero-order valence-electron chi connectivity index (χ0n) is 9.61. The van der Waals surface area contributed by atoms with E-state index in [1.165, 1.54) is 24.3 Å². The van der Waals surface area contributed by atoms with Gasteiger partial charge in [0.05, 0.1) is 10.5 Å². The second-order valence-corrected chi connectivity index (χ2v) is 4.27. The number of carbonyl (C=O) groups is 1. The van der Waals surface area contributed by atoms with Crippen molar-refractivity contribution in [3.8, 4) is 0 Å². The number of rotatable bonds is 4. The van der Waals surface area contributed by atoms with E-state index < -0.39 is 17.0 Å². The Hall–Kier alpha value is -1.96. The largest absolute Gasteiger partial charge is 0.449 e. The van der Waals surface area contributed by atoms with Crippen LogP contribution < -0.4 is 0 Å². The second kappa shape index (κ2) is 5.79. The number of non-ortho nitro benzene ring substituents is 1. The van der Waals surface area contributed by atoms with Gasteiger partial charge in [0.15, 0.2) is 12.7 Å². The van der Waals surface area contributed by atoms with Gasteiger partial charge in [-0.1, -0.05) is 21.1 Å². The highest BCUT2D eigenvalue weighted by Crippen LogP contribution is 2.15.